The Kier molecular flexibility index (Phi) is 3.16. The summed E-state index contributed by atoms with van der Waals surface area (Å²) in [5.41, 5.74) is 5.83. The summed E-state index contributed by atoms with van der Waals surface area (Å²) in [6.45, 7) is 0. The average molecular weight is 268 g/mol. The van der Waals surface area contributed by atoms with Crippen molar-refractivity contribution in [2.75, 3.05) is 5.32 Å². The van der Waals surface area contributed by atoms with Crippen LogP contribution < -0.4 is 15.8 Å². The van der Waals surface area contributed by atoms with E-state index in [0.717, 1.165) is 18.6 Å². The zero-order valence-electron chi connectivity index (χ0n) is 11.0. The molecule has 0 aromatic heterocycles. The van der Waals surface area contributed by atoms with E-state index in [1.165, 1.54) is 0 Å². The minimum atomic E-state index is -0.695. The first-order chi connectivity index (χ1) is 9.67. The van der Waals surface area contributed by atoms with Crippen LogP contribution >= 0.6 is 0 Å². The van der Waals surface area contributed by atoms with Crippen LogP contribution in [0.5, 0.6) is 11.5 Å². The number of benzene rings is 2. The summed E-state index contributed by atoms with van der Waals surface area (Å²) in [4.78, 5) is 12.0. The van der Waals surface area contributed by atoms with Gasteiger partial charge in [-0.3, -0.25) is 4.79 Å². The van der Waals surface area contributed by atoms with Gasteiger partial charge in [0.15, 0.2) is 5.75 Å². The summed E-state index contributed by atoms with van der Waals surface area (Å²) in [6, 6.07) is 16.8. The first-order valence-corrected chi connectivity index (χ1v) is 6.60. The zero-order chi connectivity index (χ0) is 14.0. The number of ether oxygens (including phenoxy) is 1. The number of carbonyl (C=O) groups excluding carboxylic acids is 1. The number of nitrogens with two attached hydrogens (primary N) is 1. The van der Waals surface area contributed by atoms with Crippen LogP contribution in [0.15, 0.2) is 54.6 Å². The maximum absolute atomic E-state index is 12.0. The average Bonchev–Trinajstić information content (AvgIpc) is 3.21. The van der Waals surface area contributed by atoms with Gasteiger partial charge in [0, 0.05) is 0 Å². The molecule has 2 aromatic rings. The van der Waals surface area contributed by atoms with Gasteiger partial charge in [-0.25, -0.2) is 0 Å². The first kappa shape index (κ1) is 12.7. The highest BCUT2D eigenvalue weighted by Gasteiger charge is 2.46. The minimum Gasteiger partial charge on any atom is -0.455 e. The molecule has 0 bridgehead atoms. The highest BCUT2D eigenvalue weighted by molar-refractivity contribution is 6.01. The van der Waals surface area contributed by atoms with E-state index < -0.39 is 5.54 Å². The third kappa shape index (κ3) is 2.65. The van der Waals surface area contributed by atoms with Gasteiger partial charge in [-0.2, -0.15) is 0 Å². The predicted octanol–water partition coefficient (Wildman–Crippen LogP) is 2.91. The largest absolute Gasteiger partial charge is 0.455 e. The minimum absolute atomic E-state index is 0.151. The van der Waals surface area contributed by atoms with Crippen molar-refractivity contribution in [3.8, 4) is 11.5 Å². The van der Waals surface area contributed by atoms with Crippen molar-refractivity contribution in [2.45, 2.75) is 18.4 Å². The van der Waals surface area contributed by atoms with Crippen molar-refractivity contribution < 1.29 is 9.53 Å². The fourth-order valence-corrected chi connectivity index (χ4v) is 1.88. The number of nitrogens with one attached hydrogen (secondary N) is 1. The maximum Gasteiger partial charge on any atom is 0.244 e. The molecule has 4 heteroatoms. The number of amides is 1. The smallest absolute Gasteiger partial charge is 0.244 e. The molecule has 4 nitrogen and oxygen atoms in total. The second-order valence-electron chi connectivity index (χ2n) is 5.02. The Hall–Kier alpha value is -2.33. The van der Waals surface area contributed by atoms with E-state index in [1.807, 2.05) is 54.6 Å². The van der Waals surface area contributed by atoms with Crippen LogP contribution in [0.2, 0.25) is 0 Å². The Labute approximate surface area is 117 Å². The summed E-state index contributed by atoms with van der Waals surface area (Å²) < 4.78 is 5.79. The Bertz CT molecular complexity index is 621. The molecule has 1 amide bonds. The summed E-state index contributed by atoms with van der Waals surface area (Å²) in [5.74, 6) is 1.18. The molecule has 0 aliphatic heterocycles. The third-order valence-corrected chi connectivity index (χ3v) is 3.35. The molecule has 3 N–H and O–H groups in total. The van der Waals surface area contributed by atoms with Crippen LogP contribution in [0.4, 0.5) is 5.69 Å². The number of para-hydroxylation sites is 3. The van der Waals surface area contributed by atoms with Gasteiger partial charge in [0.1, 0.15) is 5.75 Å². The van der Waals surface area contributed by atoms with Gasteiger partial charge in [-0.15, -0.1) is 0 Å². The second-order valence-corrected chi connectivity index (χ2v) is 5.02. The van der Waals surface area contributed by atoms with Gasteiger partial charge in [0.25, 0.3) is 0 Å². The Morgan fingerprint density at radius 3 is 2.40 bits per heavy atom. The van der Waals surface area contributed by atoms with Crippen molar-refractivity contribution >= 4 is 11.6 Å². The van der Waals surface area contributed by atoms with E-state index >= 15 is 0 Å². The first-order valence-electron chi connectivity index (χ1n) is 6.60. The molecule has 1 aliphatic carbocycles. The topological polar surface area (TPSA) is 64.4 Å². The lowest BCUT2D eigenvalue weighted by Crippen LogP contribution is -2.37. The van der Waals surface area contributed by atoms with E-state index in [9.17, 15) is 4.79 Å². The number of rotatable bonds is 4. The monoisotopic (exact) mass is 268 g/mol. The van der Waals surface area contributed by atoms with Gasteiger partial charge in [0.05, 0.1) is 11.2 Å². The predicted molar refractivity (Wildman–Crippen MR) is 77.7 cm³/mol. The van der Waals surface area contributed by atoms with Crippen LogP contribution in [0, 0.1) is 0 Å². The standard InChI is InChI=1S/C16H16N2O2/c17-16(10-11-16)15(19)18-13-8-4-5-9-14(13)20-12-6-2-1-3-7-12/h1-9H,10-11,17H2,(H,18,19). The molecule has 2 aromatic carbocycles. The number of hydrogen-bond donors (Lipinski definition) is 2. The molecular weight excluding hydrogens is 252 g/mol. The van der Waals surface area contributed by atoms with Crippen LogP contribution in [0.1, 0.15) is 12.8 Å². The molecule has 0 atom stereocenters. The lowest BCUT2D eigenvalue weighted by Gasteiger charge is -2.14. The lowest BCUT2D eigenvalue weighted by atomic mass is 10.2. The van der Waals surface area contributed by atoms with Crippen LogP contribution in [0.25, 0.3) is 0 Å². The molecule has 0 radical (unpaired) electrons. The van der Waals surface area contributed by atoms with Crippen molar-refractivity contribution in [3.63, 3.8) is 0 Å². The normalized spacial score (nSPS) is 15.4. The fraction of sp³-hybridized carbons (Fsp3) is 0.188. The summed E-state index contributed by atoms with van der Waals surface area (Å²) >= 11 is 0. The van der Waals surface area contributed by atoms with Gasteiger partial charge in [-0.05, 0) is 37.1 Å². The number of carbonyl (C=O) groups is 1. The van der Waals surface area contributed by atoms with Crippen molar-refractivity contribution in [1.29, 1.82) is 0 Å². The zero-order valence-corrected chi connectivity index (χ0v) is 11.0. The SMILES string of the molecule is NC1(C(=O)Nc2ccccc2Oc2ccccc2)CC1. The summed E-state index contributed by atoms with van der Waals surface area (Å²) in [5, 5.41) is 2.84. The Morgan fingerprint density at radius 1 is 1.05 bits per heavy atom. The lowest BCUT2D eigenvalue weighted by molar-refractivity contribution is -0.118. The molecule has 1 saturated carbocycles. The van der Waals surface area contributed by atoms with E-state index in [1.54, 1.807) is 0 Å². The third-order valence-electron chi connectivity index (χ3n) is 3.35. The van der Waals surface area contributed by atoms with E-state index in [-0.39, 0.29) is 5.91 Å². The van der Waals surface area contributed by atoms with Crippen LogP contribution in [-0.2, 0) is 4.79 Å². The maximum atomic E-state index is 12.0. The molecule has 102 valence electrons. The van der Waals surface area contributed by atoms with Crippen molar-refractivity contribution in [2.24, 2.45) is 5.73 Å². The number of anilines is 1. The van der Waals surface area contributed by atoms with Crippen LogP contribution in [-0.4, -0.2) is 11.4 Å². The quantitative estimate of drug-likeness (QED) is 0.896. The molecule has 0 unspecified atom stereocenters. The van der Waals surface area contributed by atoms with Gasteiger partial charge < -0.3 is 15.8 Å². The van der Waals surface area contributed by atoms with Crippen molar-refractivity contribution in [3.05, 3.63) is 54.6 Å². The highest BCUT2D eigenvalue weighted by atomic mass is 16.5. The molecular formula is C16H16N2O2. The second kappa shape index (κ2) is 4.98. The van der Waals surface area contributed by atoms with Gasteiger partial charge in [-0.1, -0.05) is 30.3 Å². The summed E-state index contributed by atoms with van der Waals surface area (Å²) in [6.07, 6.45) is 1.47. The number of hydrogen-bond acceptors (Lipinski definition) is 3. The van der Waals surface area contributed by atoms with Crippen molar-refractivity contribution in [1.82, 2.24) is 0 Å². The Balaban J connectivity index is 1.79. The van der Waals surface area contributed by atoms with E-state index in [0.29, 0.717) is 11.4 Å². The highest BCUT2D eigenvalue weighted by Crippen LogP contribution is 2.35. The van der Waals surface area contributed by atoms with E-state index in [4.69, 9.17) is 10.5 Å². The van der Waals surface area contributed by atoms with Crippen LogP contribution in [0.3, 0.4) is 0 Å². The molecule has 0 spiro atoms. The molecule has 1 aliphatic rings. The molecule has 0 saturated heterocycles. The molecule has 1 fully saturated rings. The van der Waals surface area contributed by atoms with Gasteiger partial charge >= 0.3 is 0 Å². The van der Waals surface area contributed by atoms with Gasteiger partial charge in [0.2, 0.25) is 5.91 Å². The van der Waals surface area contributed by atoms with E-state index in [2.05, 4.69) is 5.32 Å². The molecule has 0 heterocycles. The Morgan fingerprint density at radius 2 is 1.70 bits per heavy atom. The fourth-order valence-electron chi connectivity index (χ4n) is 1.88. The molecule has 20 heavy (non-hydrogen) atoms. The summed E-state index contributed by atoms with van der Waals surface area (Å²) in [7, 11) is 0. The molecule has 3 rings (SSSR count).